The van der Waals surface area contributed by atoms with E-state index in [1.807, 2.05) is 0 Å². The second-order valence-corrected chi connectivity index (χ2v) is 6.74. The highest BCUT2D eigenvalue weighted by Crippen LogP contribution is 2.27. The minimum absolute atomic E-state index is 0.00362. The first-order valence-electron chi connectivity index (χ1n) is 7.14. The monoisotopic (exact) mass is 369 g/mol. The molecule has 1 fully saturated rings. The van der Waals surface area contributed by atoms with Crippen LogP contribution < -0.4 is 0 Å². The molecule has 126 valence electrons. The molecule has 1 aromatic heterocycles. The zero-order chi connectivity index (χ0) is 17.3. The van der Waals surface area contributed by atoms with Crippen LogP contribution in [0, 0.1) is 5.82 Å². The average Bonchev–Trinajstić information content (AvgIpc) is 3.07. The molecule has 0 radical (unpaired) electrons. The first-order chi connectivity index (χ1) is 11.5. The number of carbonyl (C=O) groups excluding carboxylic acids is 1. The zero-order valence-corrected chi connectivity index (χ0v) is 13.9. The number of rotatable bonds is 3. The number of carboxylic acid groups (broad SMARTS) is 1. The molecule has 2 heterocycles. The molecule has 0 aliphatic carbocycles. The molecule has 8 heteroatoms. The van der Waals surface area contributed by atoms with Crippen molar-refractivity contribution in [3.05, 3.63) is 56.5 Å². The fourth-order valence-electron chi connectivity index (χ4n) is 2.47. The largest absolute Gasteiger partial charge is 0.477 e. The minimum atomic E-state index is -1.06. The van der Waals surface area contributed by atoms with Gasteiger partial charge in [0.1, 0.15) is 16.8 Å². The van der Waals surface area contributed by atoms with Gasteiger partial charge in [-0.3, -0.25) is 4.79 Å². The van der Waals surface area contributed by atoms with Crippen LogP contribution in [-0.4, -0.2) is 41.6 Å². The fraction of sp³-hybridized carbons (Fsp3) is 0.250. The molecule has 1 atom stereocenters. The van der Waals surface area contributed by atoms with Crippen molar-refractivity contribution in [3.8, 4) is 0 Å². The molecule has 0 saturated carbocycles. The Kier molecular flexibility index (Phi) is 4.84. The van der Waals surface area contributed by atoms with Gasteiger partial charge in [-0.15, -0.1) is 11.3 Å². The summed E-state index contributed by atoms with van der Waals surface area (Å²) in [5.74, 6) is -1.81. The minimum Gasteiger partial charge on any atom is -0.477 e. The van der Waals surface area contributed by atoms with Gasteiger partial charge >= 0.3 is 5.97 Å². The molecule has 1 unspecified atom stereocenters. The molecule has 24 heavy (non-hydrogen) atoms. The van der Waals surface area contributed by atoms with E-state index in [4.69, 9.17) is 21.4 Å². The average molecular weight is 370 g/mol. The lowest BCUT2D eigenvalue weighted by Crippen LogP contribution is -2.42. The number of halogens is 2. The van der Waals surface area contributed by atoms with Crippen molar-refractivity contribution in [2.45, 2.75) is 6.10 Å². The zero-order valence-electron chi connectivity index (χ0n) is 12.4. The Morgan fingerprint density at radius 3 is 2.71 bits per heavy atom. The van der Waals surface area contributed by atoms with Crippen LogP contribution in [-0.2, 0) is 4.74 Å². The molecule has 0 spiro atoms. The van der Waals surface area contributed by atoms with Gasteiger partial charge in [0.25, 0.3) is 5.91 Å². The lowest BCUT2D eigenvalue weighted by atomic mass is 10.1. The molecule has 1 aromatic carbocycles. The van der Waals surface area contributed by atoms with E-state index in [0.717, 1.165) is 11.3 Å². The van der Waals surface area contributed by atoms with Crippen molar-refractivity contribution in [2.24, 2.45) is 0 Å². The first kappa shape index (κ1) is 16.9. The highest BCUT2D eigenvalue weighted by molar-refractivity contribution is 7.15. The third-order valence-corrected chi connectivity index (χ3v) is 5.05. The summed E-state index contributed by atoms with van der Waals surface area (Å²) in [6, 6.07) is 7.25. The lowest BCUT2D eigenvalue weighted by Gasteiger charge is -2.33. The van der Waals surface area contributed by atoms with E-state index in [9.17, 15) is 14.0 Å². The van der Waals surface area contributed by atoms with Crippen LogP contribution in [0.25, 0.3) is 0 Å². The quantitative estimate of drug-likeness (QED) is 0.899. The predicted octanol–water partition coefficient (Wildman–Crippen LogP) is 3.45. The van der Waals surface area contributed by atoms with Crippen LogP contribution in [0.4, 0.5) is 4.39 Å². The standard InChI is InChI=1S/C16H13ClFNO4S/c17-10-7-9(1-2-11(10)18)12-8-19(5-6-23-12)15(20)13-3-4-14(24-13)16(21)22/h1-4,7,12H,5-6,8H2,(H,21,22). The van der Waals surface area contributed by atoms with Crippen molar-refractivity contribution >= 4 is 34.8 Å². The molecule has 5 nitrogen and oxygen atoms in total. The van der Waals surface area contributed by atoms with Crippen LogP contribution in [0.5, 0.6) is 0 Å². The van der Waals surface area contributed by atoms with Crippen LogP contribution in [0.2, 0.25) is 5.02 Å². The Morgan fingerprint density at radius 1 is 1.29 bits per heavy atom. The number of carboxylic acids is 1. The van der Waals surface area contributed by atoms with E-state index in [2.05, 4.69) is 0 Å². The maximum atomic E-state index is 13.3. The summed E-state index contributed by atoms with van der Waals surface area (Å²) in [4.78, 5) is 25.6. The molecular formula is C16H13ClFNO4S. The smallest absolute Gasteiger partial charge is 0.345 e. The number of aromatic carboxylic acids is 1. The second kappa shape index (κ2) is 6.88. The third kappa shape index (κ3) is 3.43. The van der Waals surface area contributed by atoms with Gasteiger partial charge in [0.2, 0.25) is 0 Å². The highest BCUT2D eigenvalue weighted by Gasteiger charge is 2.27. The van der Waals surface area contributed by atoms with E-state index in [1.54, 1.807) is 11.0 Å². The van der Waals surface area contributed by atoms with Crippen LogP contribution >= 0.6 is 22.9 Å². The molecule has 1 N–H and O–H groups in total. The van der Waals surface area contributed by atoms with Gasteiger partial charge in [-0.1, -0.05) is 17.7 Å². The molecule has 0 bridgehead atoms. The van der Waals surface area contributed by atoms with E-state index < -0.39 is 17.9 Å². The van der Waals surface area contributed by atoms with Gasteiger partial charge in [0, 0.05) is 6.54 Å². The van der Waals surface area contributed by atoms with Crippen LogP contribution in [0.3, 0.4) is 0 Å². The van der Waals surface area contributed by atoms with Gasteiger partial charge < -0.3 is 14.7 Å². The predicted molar refractivity (Wildman–Crippen MR) is 87.3 cm³/mol. The molecule has 1 amide bonds. The summed E-state index contributed by atoms with van der Waals surface area (Å²) in [6.45, 7) is 1.04. The van der Waals surface area contributed by atoms with Crippen molar-refractivity contribution in [2.75, 3.05) is 19.7 Å². The fourth-order valence-corrected chi connectivity index (χ4v) is 3.47. The molecule has 2 aromatic rings. The van der Waals surface area contributed by atoms with Crippen LogP contribution in [0.1, 0.15) is 31.0 Å². The number of hydrogen-bond acceptors (Lipinski definition) is 4. The Morgan fingerprint density at radius 2 is 2.04 bits per heavy atom. The third-order valence-electron chi connectivity index (χ3n) is 3.70. The van der Waals surface area contributed by atoms with E-state index in [-0.39, 0.29) is 15.8 Å². The molecule has 1 aliphatic heterocycles. The highest BCUT2D eigenvalue weighted by atomic mass is 35.5. The lowest BCUT2D eigenvalue weighted by molar-refractivity contribution is -0.0226. The Labute approximate surface area is 146 Å². The van der Waals surface area contributed by atoms with Gasteiger partial charge in [0.05, 0.1) is 23.1 Å². The summed E-state index contributed by atoms with van der Waals surface area (Å²) in [6.07, 6.45) is -0.403. The summed E-state index contributed by atoms with van der Waals surface area (Å²) in [5, 5.41) is 8.96. The van der Waals surface area contributed by atoms with Gasteiger partial charge in [0.15, 0.2) is 0 Å². The van der Waals surface area contributed by atoms with Crippen molar-refractivity contribution < 1.29 is 23.8 Å². The van der Waals surface area contributed by atoms with Gasteiger partial charge in [-0.2, -0.15) is 0 Å². The van der Waals surface area contributed by atoms with E-state index in [1.165, 1.54) is 24.3 Å². The summed E-state index contributed by atoms with van der Waals surface area (Å²) >= 11 is 6.74. The second-order valence-electron chi connectivity index (χ2n) is 5.25. The molecule has 1 aliphatic rings. The van der Waals surface area contributed by atoms with Crippen molar-refractivity contribution in [1.82, 2.24) is 4.90 Å². The topological polar surface area (TPSA) is 66.8 Å². The van der Waals surface area contributed by atoms with Crippen molar-refractivity contribution in [1.29, 1.82) is 0 Å². The number of benzene rings is 1. The first-order valence-corrected chi connectivity index (χ1v) is 8.34. The van der Waals surface area contributed by atoms with E-state index >= 15 is 0 Å². The van der Waals surface area contributed by atoms with E-state index in [0.29, 0.717) is 30.1 Å². The van der Waals surface area contributed by atoms with Crippen molar-refractivity contribution in [3.63, 3.8) is 0 Å². The number of morpholine rings is 1. The number of thiophene rings is 1. The number of hydrogen-bond donors (Lipinski definition) is 1. The Hall–Kier alpha value is -1.96. The summed E-state index contributed by atoms with van der Waals surface area (Å²) in [7, 11) is 0. The molecule has 3 rings (SSSR count). The van der Waals surface area contributed by atoms with Gasteiger partial charge in [-0.25, -0.2) is 9.18 Å². The summed E-state index contributed by atoms with van der Waals surface area (Å²) in [5.41, 5.74) is 0.691. The maximum absolute atomic E-state index is 13.3. The summed E-state index contributed by atoms with van der Waals surface area (Å²) < 4.78 is 18.9. The van der Waals surface area contributed by atoms with Gasteiger partial charge in [-0.05, 0) is 29.8 Å². The SMILES string of the molecule is O=C(O)c1ccc(C(=O)N2CCOC(c3ccc(F)c(Cl)c3)C2)s1. The number of nitrogens with zero attached hydrogens (tertiary/aromatic N) is 1. The normalized spacial score (nSPS) is 17.8. The number of amides is 1. The van der Waals surface area contributed by atoms with Crippen LogP contribution in [0.15, 0.2) is 30.3 Å². The molecule has 1 saturated heterocycles. The number of ether oxygens (including phenoxy) is 1. The molecular weight excluding hydrogens is 357 g/mol. The Bertz CT molecular complexity index is 794. The Balaban J connectivity index is 1.75. The maximum Gasteiger partial charge on any atom is 0.345 e. The number of carbonyl (C=O) groups is 2.